The summed E-state index contributed by atoms with van der Waals surface area (Å²) in [6, 6.07) is 0.852. The van der Waals surface area contributed by atoms with E-state index in [1.807, 2.05) is 224 Å². The summed E-state index contributed by atoms with van der Waals surface area (Å²) in [5, 5.41) is 66.9. The molecule has 0 bridgehead atoms. The van der Waals surface area contributed by atoms with E-state index in [0.29, 0.717) is 17.9 Å². The molecule has 462 valence electrons. The van der Waals surface area contributed by atoms with Crippen molar-refractivity contribution in [3.8, 4) is 0 Å². The van der Waals surface area contributed by atoms with Crippen molar-refractivity contribution in [2.24, 2.45) is 17.8 Å². The molecule has 6 unspecified atom stereocenters. The van der Waals surface area contributed by atoms with E-state index in [9.17, 15) is 35.7 Å². The van der Waals surface area contributed by atoms with Crippen molar-refractivity contribution in [1.29, 1.82) is 0 Å². The Morgan fingerprint density at radius 2 is 0.727 bits per heavy atom. The molecule has 0 spiro atoms. The quantitative estimate of drug-likeness (QED) is 0.0653. The number of rotatable bonds is 20. The smallest absolute Gasteiger partial charge is 0.0768 e. The minimum absolute atomic E-state index is 0. The van der Waals surface area contributed by atoms with Crippen LogP contribution in [0.5, 0.6) is 0 Å². The van der Waals surface area contributed by atoms with Crippen molar-refractivity contribution < 1.29 is 219 Å². The molecule has 0 rings (SSSR count). The summed E-state index contributed by atoms with van der Waals surface area (Å²) in [6.45, 7) is 51.2. The Bertz CT molecular complexity index is 1210. The molecular formula is C56H133N7O7Zr7. The van der Waals surface area contributed by atoms with Crippen molar-refractivity contribution in [2.75, 3.05) is 117 Å². The van der Waals surface area contributed by atoms with Gasteiger partial charge in [0.15, 0.2) is 0 Å². The fraction of sp³-hybridized carbons (Fsp3) is 1.00. The first-order chi connectivity index (χ1) is 30.4. The Kier molecular flexibility index (Phi) is 82.8. The first kappa shape index (κ1) is 117. The summed E-state index contributed by atoms with van der Waals surface area (Å²) in [5.41, 5.74) is -4.21. The van der Waals surface area contributed by atoms with Gasteiger partial charge in [0.1, 0.15) is 0 Å². The van der Waals surface area contributed by atoms with Crippen molar-refractivity contribution >= 4 is 0 Å². The molecule has 0 fully saturated rings. The van der Waals surface area contributed by atoms with Crippen molar-refractivity contribution in [3.05, 3.63) is 0 Å². The van der Waals surface area contributed by atoms with Gasteiger partial charge < -0.3 is 65.1 Å². The van der Waals surface area contributed by atoms with Crippen LogP contribution in [0.15, 0.2) is 0 Å². The second kappa shape index (κ2) is 54.5. The van der Waals surface area contributed by atoms with E-state index < -0.39 is 39.2 Å². The van der Waals surface area contributed by atoms with Gasteiger partial charge in [-0.2, -0.15) is 0 Å². The summed E-state index contributed by atoms with van der Waals surface area (Å²) in [4.78, 5) is 14.6. The van der Waals surface area contributed by atoms with Crippen LogP contribution >= 0.6 is 0 Å². The zero-order valence-corrected chi connectivity index (χ0v) is 74.7. The molecule has 14 nitrogen and oxygen atoms in total. The zero-order valence-electron chi connectivity index (χ0n) is 57.5. The Morgan fingerprint density at radius 3 is 0.792 bits per heavy atom. The van der Waals surface area contributed by atoms with E-state index in [2.05, 4.69) is 61.1 Å². The number of hydrogen-bond donors (Lipinski definition) is 7. The largest absolute Gasteiger partial charge is 0.390 e. The van der Waals surface area contributed by atoms with Crippen LogP contribution in [0.2, 0.25) is 0 Å². The fourth-order valence-electron chi connectivity index (χ4n) is 5.53. The molecule has 0 aliphatic rings. The van der Waals surface area contributed by atoms with Gasteiger partial charge in [-0.25, -0.2) is 0 Å². The molecule has 0 heterocycles. The fourth-order valence-corrected chi connectivity index (χ4v) is 5.53. The monoisotopic (exact) mass is 1650 g/mol. The van der Waals surface area contributed by atoms with Gasteiger partial charge in [-0.1, -0.05) is 41.5 Å². The van der Waals surface area contributed by atoms with Gasteiger partial charge in [0.05, 0.1) is 39.2 Å². The van der Waals surface area contributed by atoms with Crippen molar-refractivity contribution in [3.63, 3.8) is 0 Å². The van der Waals surface area contributed by atoms with Gasteiger partial charge in [0.2, 0.25) is 0 Å². The predicted octanol–water partition coefficient (Wildman–Crippen LogP) is 7.24. The maximum Gasteiger partial charge on any atom is 0.0768 e. The van der Waals surface area contributed by atoms with Crippen molar-refractivity contribution in [2.45, 2.75) is 235 Å². The second-order valence-electron chi connectivity index (χ2n) is 25.9. The number of likely N-dealkylation sites (N-methyl/N-ethyl adjacent to an activating group) is 4. The molecule has 21 heteroatoms. The number of aliphatic hydroxyl groups is 7. The van der Waals surface area contributed by atoms with Gasteiger partial charge >= 0.3 is 0 Å². The maximum absolute atomic E-state index is 9.72. The molecule has 0 amide bonds. The molecule has 7 N–H and O–H groups in total. The molecule has 0 aliphatic heterocycles. The van der Waals surface area contributed by atoms with Crippen molar-refractivity contribution in [1.82, 2.24) is 34.3 Å². The minimum Gasteiger partial charge on any atom is -0.390 e. The van der Waals surface area contributed by atoms with E-state index in [-0.39, 0.29) is 207 Å². The summed E-state index contributed by atoms with van der Waals surface area (Å²) >= 11 is 0. The first-order valence-electron chi connectivity index (χ1n) is 26.1. The molecule has 77 heavy (non-hydrogen) atoms. The van der Waals surface area contributed by atoms with E-state index in [1.54, 1.807) is 0 Å². The molecule has 0 saturated carbocycles. The average Bonchev–Trinajstić information content (AvgIpc) is 3.12. The van der Waals surface area contributed by atoms with Gasteiger partial charge in [-0.3, -0.25) is 4.90 Å². The molecule has 0 saturated heterocycles. The van der Waals surface area contributed by atoms with Crippen LogP contribution in [0.25, 0.3) is 0 Å². The third kappa shape index (κ3) is 70.6. The average molecular weight is 1660 g/mol. The molecule has 0 aromatic rings. The topological polar surface area (TPSA) is 164 Å². The number of nitrogens with zero attached hydrogens (tertiary/aromatic N) is 7. The predicted molar refractivity (Wildman–Crippen MR) is 308 cm³/mol. The molecule has 6 atom stereocenters. The van der Waals surface area contributed by atoms with Crippen LogP contribution in [0.1, 0.15) is 173 Å². The standard InChI is InChI=1S/2C9H21NO.3C8H19NO.2C7H17NO.7Zr/c1-7(9(3,4)11)8(2)10(5)6;1-6-10(7-2)8(3)9(4,5)11;1-7(6-9(4)5)8(2,3)10;1-7(2)8(3,10)6-9(4)5;1-7(2,9(5)6)8(3,4)10;1-7(2,9)5-6-8(3)4;1-6(8(4)5)7(2,3)9;;;;;;;/h7-8,11H,1-6H3;8,11H,6-7H2,1-5H3;2*7,10H,6H2,1-5H3;10H,1-6H3;9H,5-6H2,1-4H3;6,9H,1-5H3;;;;;;;. The van der Waals surface area contributed by atoms with E-state index >= 15 is 0 Å². The Labute approximate surface area is 615 Å². The summed E-state index contributed by atoms with van der Waals surface area (Å²) in [5.74, 6) is 0.926. The van der Waals surface area contributed by atoms with Crippen LogP contribution in [0.4, 0.5) is 0 Å². The van der Waals surface area contributed by atoms with Crippen LogP contribution in [0, 0.1) is 17.8 Å². The molecule has 0 radical (unpaired) electrons. The summed E-state index contributed by atoms with van der Waals surface area (Å²) < 4.78 is 0. The Hall–Kier alpha value is 5.62. The van der Waals surface area contributed by atoms with Gasteiger partial charge in [-0.15, -0.1) is 0 Å². The normalized spacial score (nSPS) is 14.5. The first-order valence-corrected chi connectivity index (χ1v) is 26.1. The zero-order chi connectivity index (χ0) is 58.7. The molecular weight excluding hydrogens is 1520 g/mol. The summed E-state index contributed by atoms with van der Waals surface area (Å²) in [7, 11) is 23.9. The summed E-state index contributed by atoms with van der Waals surface area (Å²) in [6.07, 6.45) is 0.833. The SMILES string of the molecule is CC(C(C)C(C)(C)O)N(C)C.CC(C)C(C)(O)CN(C)C.CC(CN(C)C)C(C)(C)O.CC(N(C)C)C(C)(C)O.CCN(CC)C(C)C(C)(C)O.CN(C)C(C)(C)C(C)(C)O.CN(C)CCC(C)(C)O.[Zr].[Zr].[Zr].[Zr].[Zr].[Zr].[Zr]. The van der Waals surface area contributed by atoms with Crippen LogP contribution in [0.3, 0.4) is 0 Å². The van der Waals surface area contributed by atoms with E-state index in [0.717, 1.165) is 39.1 Å². The van der Waals surface area contributed by atoms with Crippen LogP contribution < -0.4 is 0 Å². The Balaban J connectivity index is -0.0000000494. The van der Waals surface area contributed by atoms with E-state index in [1.165, 1.54) is 0 Å². The number of hydrogen-bond acceptors (Lipinski definition) is 14. The third-order valence-electron chi connectivity index (χ3n) is 14.3. The minimum atomic E-state index is -0.656. The van der Waals surface area contributed by atoms with Crippen LogP contribution in [-0.2, 0) is 183 Å². The third-order valence-corrected chi connectivity index (χ3v) is 14.3. The Morgan fingerprint density at radius 1 is 0.403 bits per heavy atom. The molecule has 0 aromatic carbocycles. The maximum atomic E-state index is 9.72. The second-order valence-corrected chi connectivity index (χ2v) is 25.9. The van der Waals surface area contributed by atoms with Crippen LogP contribution in [-0.4, -0.2) is 250 Å². The van der Waals surface area contributed by atoms with E-state index in [4.69, 9.17) is 0 Å². The van der Waals surface area contributed by atoms with Gasteiger partial charge in [0, 0.05) is 227 Å². The van der Waals surface area contributed by atoms with Gasteiger partial charge in [0.25, 0.3) is 0 Å². The molecule has 0 aliphatic carbocycles. The van der Waals surface area contributed by atoms with Gasteiger partial charge in [-0.05, 0) is 246 Å². The molecule has 0 aromatic heterocycles.